The molecule has 0 bridgehead atoms. The first-order valence-electron chi connectivity index (χ1n) is 6.91. The summed E-state index contributed by atoms with van der Waals surface area (Å²) in [4.78, 5) is 2.56. The van der Waals surface area contributed by atoms with E-state index >= 15 is 0 Å². The maximum absolute atomic E-state index is 12.4. The van der Waals surface area contributed by atoms with Crippen LogP contribution in [0, 0.1) is 5.92 Å². The van der Waals surface area contributed by atoms with Gasteiger partial charge in [-0.1, -0.05) is 6.92 Å². The molecule has 2 atom stereocenters. The number of rotatable bonds is 4. The van der Waals surface area contributed by atoms with Gasteiger partial charge in [-0.3, -0.25) is 0 Å². The third-order valence-corrected chi connectivity index (χ3v) is 5.37. The molecule has 2 N–H and O–H groups in total. The van der Waals surface area contributed by atoms with Crippen LogP contribution in [0.5, 0.6) is 0 Å². The smallest absolute Gasteiger partial charge is 0.240 e. The lowest BCUT2D eigenvalue weighted by Crippen LogP contribution is -2.48. The van der Waals surface area contributed by atoms with Crippen LogP contribution >= 0.6 is 0 Å². The van der Waals surface area contributed by atoms with Gasteiger partial charge in [-0.15, -0.1) is 0 Å². The fourth-order valence-corrected chi connectivity index (χ4v) is 3.98. The number of likely N-dealkylation sites (tertiary alicyclic amines) is 1. The maximum atomic E-state index is 12.4. The molecule has 1 aromatic rings. The molecule has 0 aliphatic carbocycles. The Morgan fingerprint density at radius 2 is 1.90 bits per heavy atom. The van der Waals surface area contributed by atoms with Crippen molar-refractivity contribution in [3.8, 4) is 0 Å². The highest BCUT2D eigenvalue weighted by atomic mass is 32.2. The fourth-order valence-electron chi connectivity index (χ4n) is 2.60. The second-order valence-corrected chi connectivity index (χ2v) is 7.24. The third kappa shape index (κ3) is 3.50. The minimum atomic E-state index is -3.43. The van der Waals surface area contributed by atoms with E-state index in [1.807, 2.05) is 7.05 Å². The molecule has 0 saturated carbocycles. The minimum Gasteiger partial charge on any atom is -0.388 e. The van der Waals surface area contributed by atoms with E-state index in [2.05, 4.69) is 28.9 Å². The van der Waals surface area contributed by atoms with Crippen molar-refractivity contribution in [3.05, 3.63) is 24.3 Å². The van der Waals surface area contributed by atoms with Crippen molar-refractivity contribution in [2.45, 2.75) is 24.3 Å². The van der Waals surface area contributed by atoms with Gasteiger partial charge < -0.3 is 10.2 Å². The van der Waals surface area contributed by atoms with Crippen LogP contribution < -0.4 is 10.0 Å². The van der Waals surface area contributed by atoms with Crippen molar-refractivity contribution in [2.24, 2.45) is 5.92 Å². The molecule has 1 heterocycles. The van der Waals surface area contributed by atoms with Crippen molar-refractivity contribution < 1.29 is 8.42 Å². The van der Waals surface area contributed by atoms with Gasteiger partial charge in [0.25, 0.3) is 0 Å². The summed E-state index contributed by atoms with van der Waals surface area (Å²) in [5.41, 5.74) is 0.900. The lowest BCUT2D eigenvalue weighted by Gasteiger charge is -2.34. The first kappa shape index (κ1) is 15.3. The second kappa shape index (κ2) is 6.11. The van der Waals surface area contributed by atoms with E-state index < -0.39 is 10.0 Å². The molecule has 1 aromatic carbocycles. The van der Waals surface area contributed by atoms with Crippen LogP contribution in [-0.4, -0.2) is 46.5 Å². The first-order chi connectivity index (χ1) is 9.42. The largest absolute Gasteiger partial charge is 0.388 e. The van der Waals surface area contributed by atoms with E-state index in [0.29, 0.717) is 10.8 Å². The normalized spacial score (nSPS) is 24.6. The SMILES string of the molecule is CNc1ccc(S(=O)(=O)NC2CCN(C)CC2C)cc1. The Bertz CT molecular complexity index is 542. The van der Waals surface area contributed by atoms with Crippen LogP contribution in [0.25, 0.3) is 0 Å². The molecular weight excluding hydrogens is 274 g/mol. The molecular formula is C14H23N3O2S. The molecule has 5 nitrogen and oxygen atoms in total. The Morgan fingerprint density at radius 3 is 2.45 bits per heavy atom. The summed E-state index contributed by atoms with van der Waals surface area (Å²) in [5.74, 6) is 0.320. The van der Waals surface area contributed by atoms with Crippen LogP contribution in [0.2, 0.25) is 0 Å². The van der Waals surface area contributed by atoms with Gasteiger partial charge in [-0.05, 0) is 50.2 Å². The number of benzene rings is 1. The monoisotopic (exact) mass is 297 g/mol. The lowest BCUT2D eigenvalue weighted by atomic mass is 9.95. The fraction of sp³-hybridized carbons (Fsp3) is 0.571. The van der Waals surface area contributed by atoms with Crippen molar-refractivity contribution in [1.82, 2.24) is 9.62 Å². The van der Waals surface area contributed by atoms with Gasteiger partial charge in [-0.2, -0.15) is 0 Å². The van der Waals surface area contributed by atoms with Crippen LogP contribution in [0.3, 0.4) is 0 Å². The van der Waals surface area contributed by atoms with Crippen molar-refractivity contribution in [2.75, 3.05) is 32.5 Å². The Labute approximate surface area is 121 Å². The molecule has 1 aliphatic rings. The maximum Gasteiger partial charge on any atom is 0.240 e. The second-order valence-electron chi connectivity index (χ2n) is 5.53. The molecule has 1 aliphatic heterocycles. The summed E-state index contributed by atoms with van der Waals surface area (Å²) in [7, 11) is 0.443. The van der Waals surface area contributed by atoms with Crippen molar-refractivity contribution >= 4 is 15.7 Å². The van der Waals surface area contributed by atoms with Crippen molar-refractivity contribution in [3.63, 3.8) is 0 Å². The Balaban J connectivity index is 2.10. The minimum absolute atomic E-state index is 0.0141. The summed E-state index contributed by atoms with van der Waals surface area (Å²) in [6.07, 6.45) is 0.853. The van der Waals surface area contributed by atoms with Crippen LogP contribution in [0.15, 0.2) is 29.2 Å². The molecule has 0 aromatic heterocycles. The molecule has 0 amide bonds. The van der Waals surface area contributed by atoms with Gasteiger partial charge in [0.2, 0.25) is 10.0 Å². The molecule has 112 valence electrons. The highest BCUT2D eigenvalue weighted by Crippen LogP contribution is 2.19. The van der Waals surface area contributed by atoms with E-state index in [-0.39, 0.29) is 6.04 Å². The summed E-state index contributed by atoms with van der Waals surface area (Å²) in [6, 6.07) is 6.82. The molecule has 0 spiro atoms. The number of piperidine rings is 1. The van der Waals surface area contributed by atoms with Gasteiger partial charge in [0.1, 0.15) is 0 Å². The summed E-state index contributed by atoms with van der Waals surface area (Å²) in [5, 5.41) is 2.98. The Morgan fingerprint density at radius 1 is 1.25 bits per heavy atom. The number of anilines is 1. The molecule has 0 radical (unpaired) electrons. The molecule has 20 heavy (non-hydrogen) atoms. The molecule has 2 rings (SSSR count). The van der Waals surface area contributed by atoms with Crippen LogP contribution in [0.1, 0.15) is 13.3 Å². The van der Waals surface area contributed by atoms with Crippen LogP contribution in [0.4, 0.5) is 5.69 Å². The van der Waals surface area contributed by atoms with Crippen molar-refractivity contribution in [1.29, 1.82) is 0 Å². The van der Waals surface area contributed by atoms with E-state index in [1.54, 1.807) is 24.3 Å². The van der Waals surface area contributed by atoms with E-state index in [0.717, 1.165) is 25.2 Å². The van der Waals surface area contributed by atoms with Gasteiger partial charge in [0.15, 0.2) is 0 Å². The van der Waals surface area contributed by atoms with E-state index in [9.17, 15) is 8.42 Å². The van der Waals surface area contributed by atoms with E-state index in [4.69, 9.17) is 0 Å². The van der Waals surface area contributed by atoms with Gasteiger partial charge in [0, 0.05) is 25.3 Å². The van der Waals surface area contributed by atoms with Gasteiger partial charge in [-0.25, -0.2) is 13.1 Å². The van der Waals surface area contributed by atoms with E-state index in [1.165, 1.54) is 0 Å². The predicted octanol–water partition coefficient (Wildman–Crippen LogP) is 1.35. The van der Waals surface area contributed by atoms with Gasteiger partial charge in [0.05, 0.1) is 4.90 Å². The lowest BCUT2D eigenvalue weighted by molar-refractivity contribution is 0.188. The standard InChI is InChI=1S/C14H23N3O2S/c1-11-10-17(3)9-8-14(11)16-20(18,19)13-6-4-12(15-2)5-7-13/h4-7,11,14-16H,8-10H2,1-3H3. The Kier molecular flexibility index (Phi) is 4.67. The average Bonchev–Trinajstić information content (AvgIpc) is 2.42. The quantitative estimate of drug-likeness (QED) is 0.880. The zero-order valence-corrected chi connectivity index (χ0v) is 13.1. The molecule has 1 fully saturated rings. The zero-order valence-electron chi connectivity index (χ0n) is 12.3. The molecule has 2 unspecified atom stereocenters. The number of nitrogens with one attached hydrogen (secondary N) is 2. The third-order valence-electron chi connectivity index (χ3n) is 3.87. The number of hydrogen-bond donors (Lipinski definition) is 2. The number of sulfonamides is 1. The van der Waals surface area contributed by atoms with Gasteiger partial charge >= 0.3 is 0 Å². The summed E-state index contributed by atoms with van der Waals surface area (Å²) in [6.45, 7) is 3.94. The first-order valence-corrected chi connectivity index (χ1v) is 8.39. The van der Waals surface area contributed by atoms with Crippen LogP contribution in [-0.2, 0) is 10.0 Å². The number of hydrogen-bond acceptors (Lipinski definition) is 4. The Hall–Kier alpha value is -1.11. The average molecular weight is 297 g/mol. The topological polar surface area (TPSA) is 61.4 Å². The summed E-state index contributed by atoms with van der Waals surface area (Å²) < 4.78 is 27.6. The summed E-state index contributed by atoms with van der Waals surface area (Å²) >= 11 is 0. The predicted molar refractivity (Wildman–Crippen MR) is 81.4 cm³/mol. The number of nitrogens with zero attached hydrogens (tertiary/aromatic N) is 1. The molecule has 1 saturated heterocycles. The highest BCUT2D eigenvalue weighted by molar-refractivity contribution is 7.89. The highest BCUT2D eigenvalue weighted by Gasteiger charge is 2.28. The molecule has 6 heteroatoms. The zero-order chi connectivity index (χ0) is 14.8.